The lowest BCUT2D eigenvalue weighted by Gasteiger charge is -2.19. The second kappa shape index (κ2) is 7.15. The number of anilines is 1. The van der Waals surface area contributed by atoms with Gasteiger partial charge in [-0.1, -0.05) is 13.8 Å². The second-order valence-electron chi connectivity index (χ2n) is 6.24. The number of nitrogen functional groups attached to an aromatic ring is 1. The molecule has 0 saturated carbocycles. The average Bonchev–Trinajstić information content (AvgIpc) is 2.74. The van der Waals surface area contributed by atoms with Crippen molar-refractivity contribution in [3.8, 4) is 0 Å². The fraction of sp³-hybridized carbons (Fsp3) is 0.643. The fourth-order valence-corrected chi connectivity index (χ4v) is 1.72. The maximum Gasteiger partial charge on any atom is 0.407 e. The van der Waals surface area contributed by atoms with Gasteiger partial charge in [0.1, 0.15) is 5.60 Å². The van der Waals surface area contributed by atoms with Gasteiger partial charge in [0, 0.05) is 13.1 Å². The van der Waals surface area contributed by atoms with Gasteiger partial charge in [-0.2, -0.15) is 5.10 Å². The number of nitrogens with one attached hydrogen (secondary N) is 3. The van der Waals surface area contributed by atoms with Crippen LogP contribution in [0, 0.1) is 0 Å². The van der Waals surface area contributed by atoms with Crippen molar-refractivity contribution in [1.82, 2.24) is 20.8 Å². The number of aromatic nitrogens is 2. The molecule has 1 heterocycles. The lowest BCUT2D eigenvalue weighted by atomic mass is 10.1. The third kappa shape index (κ3) is 5.27. The van der Waals surface area contributed by atoms with Crippen LogP contribution in [0.25, 0.3) is 0 Å². The van der Waals surface area contributed by atoms with E-state index in [4.69, 9.17) is 10.5 Å². The first kappa shape index (κ1) is 17.8. The fourth-order valence-electron chi connectivity index (χ4n) is 1.72. The largest absolute Gasteiger partial charge is 0.444 e. The first-order valence-electron chi connectivity index (χ1n) is 7.20. The zero-order chi connectivity index (χ0) is 16.9. The summed E-state index contributed by atoms with van der Waals surface area (Å²) in [6.45, 7) is 9.75. The summed E-state index contributed by atoms with van der Waals surface area (Å²) in [6, 6.07) is 0. The van der Waals surface area contributed by atoms with Gasteiger partial charge < -0.3 is 21.1 Å². The molecule has 0 aromatic carbocycles. The van der Waals surface area contributed by atoms with Crippen molar-refractivity contribution >= 4 is 17.7 Å². The Hall–Kier alpha value is -2.25. The van der Waals surface area contributed by atoms with Gasteiger partial charge in [-0.05, 0) is 26.7 Å². The SMILES string of the molecule is CC(C)c1[nH]nc(C(=O)NCCNC(=O)OC(C)(C)C)c1N. The van der Waals surface area contributed by atoms with E-state index >= 15 is 0 Å². The van der Waals surface area contributed by atoms with Crippen LogP contribution in [0.2, 0.25) is 0 Å². The van der Waals surface area contributed by atoms with Gasteiger partial charge >= 0.3 is 6.09 Å². The van der Waals surface area contributed by atoms with E-state index in [1.54, 1.807) is 20.8 Å². The predicted molar refractivity (Wildman–Crippen MR) is 83.7 cm³/mol. The van der Waals surface area contributed by atoms with E-state index in [1.165, 1.54) is 0 Å². The van der Waals surface area contributed by atoms with Crippen LogP contribution in [-0.2, 0) is 4.74 Å². The van der Waals surface area contributed by atoms with Crippen molar-refractivity contribution in [3.63, 3.8) is 0 Å². The molecule has 0 bridgehead atoms. The molecule has 1 rings (SSSR count). The number of ether oxygens (including phenoxy) is 1. The highest BCUT2D eigenvalue weighted by atomic mass is 16.6. The standard InChI is InChI=1S/C14H25N5O3/c1-8(2)10-9(15)11(19-18-10)12(20)16-6-7-17-13(21)22-14(3,4)5/h8H,6-7,15H2,1-5H3,(H,16,20)(H,17,21)(H,18,19). The van der Waals surface area contributed by atoms with Crippen LogP contribution in [0.3, 0.4) is 0 Å². The third-order valence-corrected chi connectivity index (χ3v) is 2.70. The topological polar surface area (TPSA) is 122 Å². The van der Waals surface area contributed by atoms with Crippen LogP contribution in [0.4, 0.5) is 10.5 Å². The van der Waals surface area contributed by atoms with Crippen molar-refractivity contribution in [2.45, 2.75) is 46.1 Å². The first-order valence-corrected chi connectivity index (χ1v) is 7.20. The van der Waals surface area contributed by atoms with Gasteiger partial charge in [0.15, 0.2) is 5.69 Å². The molecule has 0 atom stereocenters. The summed E-state index contributed by atoms with van der Waals surface area (Å²) in [5.41, 5.74) is 6.59. The molecule has 0 spiro atoms. The maximum atomic E-state index is 12.0. The summed E-state index contributed by atoms with van der Waals surface area (Å²) in [7, 11) is 0. The van der Waals surface area contributed by atoms with E-state index in [9.17, 15) is 9.59 Å². The molecule has 0 fully saturated rings. The molecule has 8 nitrogen and oxygen atoms in total. The van der Waals surface area contributed by atoms with Gasteiger partial charge in [-0.15, -0.1) is 0 Å². The normalized spacial score (nSPS) is 11.4. The Morgan fingerprint density at radius 3 is 2.36 bits per heavy atom. The minimum absolute atomic E-state index is 0.155. The highest BCUT2D eigenvalue weighted by Crippen LogP contribution is 2.21. The van der Waals surface area contributed by atoms with Crippen molar-refractivity contribution in [3.05, 3.63) is 11.4 Å². The molecule has 0 saturated heterocycles. The van der Waals surface area contributed by atoms with E-state index in [0.717, 1.165) is 5.69 Å². The molecule has 8 heteroatoms. The van der Waals surface area contributed by atoms with Gasteiger partial charge in [0.05, 0.1) is 11.4 Å². The second-order valence-corrected chi connectivity index (χ2v) is 6.24. The molecule has 2 amide bonds. The van der Waals surface area contributed by atoms with Crippen LogP contribution >= 0.6 is 0 Å². The average molecular weight is 311 g/mol. The summed E-state index contributed by atoms with van der Waals surface area (Å²) in [5, 5.41) is 11.9. The first-order chi connectivity index (χ1) is 10.1. The number of rotatable bonds is 5. The highest BCUT2D eigenvalue weighted by Gasteiger charge is 2.19. The molecule has 0 aliphatic rings. The van der Waals surface area contributed by atoms with E-state index in [0.29, 0.717) is 5.69 Å². The monoisotopic (exact) mass is 311 g/mol. The number of H-pyrrole nitrogens is 1. The van der Waals surface area contributed by atoms with E-state index in [1.807, 2.05) is 13.8 Å². The van der Waals surface area contributed by atoms with E-state index < -0.39 is 11.7 Å². The Morgan fingerprint density at radius 2 is 1.86 bits per heavy atom. The molecule has 0 unspecified atom stereocenters. The molecule has 0 aliphatic heterocycles. The predicted octanol–water partition coefficient (Wildman–Crippen LogP) is 1.37. The number of aromatic amines is 1. The van der Waals surface area contributed by atoms with Crippen molar-refractivity contribution < 1.29 is 14.3 Å². The van der Waals surface area contributed by atoms with E-state index in [2.05, 4.69) is 20.8 Å². The van der Waals surface area contributed by atoms with Crippen LogP contribution in [0.1, 0.15) is 56.7 Å². The minimum atomic E-state index is -0.552. The van der Waals surface area contributed by atoms with Gasteiger partial charge in [0.25, 0.3) is 5.91 Å². The van der Waals surface area contributed by atoms with Crippen molar-refractivity contribution in [2.75, 3.05) is 18.8 Å². The van der Waals surface area contributed by atoms with E-state index in [-0.39, 0.29) is 30.6 Å². The molecule has 5 N–H and O–H groups in total. The zero-order valence-corrected chi connectivity index (χ0v) is 13.7. The van der Waals surface area contributed by atoms with Crippen LogP contribution in [-0.4, -0.2) is 40.9 Å². The summed E-state index contributed by atoms with van der Waals surface area (Å²) >= 11 is 0. The quantitative estimate of drug-likeness (QED) is 0.612. The molecule has 22 heavy (non-hydrogen) atoms. The van der Waals surface area contributed by atoms with Crippen molar-refractivity contribution in [2.24, 2.45) is 0 Å². The van der Waals surface area contributed by atoms with Crippen LogP contribution in [0.15, 0.2) is 0 Å². The number of nitrogens with two attached hydrogens (primary N) is 1. The van der Waals surface area contributed by atoms with Gasteiger partial charge in [0.2, 0.25) is 0 Å². The number of hydrogen-bond acceptors (Lipinski definition) is 5. The molecule has 0 radical (unpaired) electrons. The Bertz CT molecular complexity index is 531. The Balaban J connectivity index is 2.40. The number of carbonyl (C=O) groups excluding carboxylic acids is 2. The third-order valence-electron chi connectivity index (χ3n) is 2.70. The number of alkyl carbamates (subject to hydrolysis) is 1. The number of hydrogen-bond donors (Lipinski definition) is 4. The lowest BCUT2D eigenvalue weighted by molar-refractivity contribution is 0.0526. The van der Waals surface area contributed by atoms with Crippen molar-refractivity contribution in [1.29, 1.82) is 0 Å². The summed E-state index contributed by atoms with van der Waals surface area (Å²) < 4.78 is 5.08. The zero-order valence-electron chi connectivity index (χ0n) is 13.7. The molecular formula is C14H25N5O3. The maximum absolute atomic E-state index is 12.0. The molecule has 0 aliphatic carbocycles. The summed E-state index contributed by atoms with van der Waals surface area (Å²) in [6.07, 6.45) is -0.525. The molecule has 124 valence electrons. The molecular weight excluding hydrogens is 286 g/mol. The highest BCUT2D eigenvalue weighted by molar-refractivity contribution is 5.97. The molecule has 1 aromatic rings. The summed E-state index contributed by atoms with van der Waals surface area (Å²) in [4.78, 5) is 23.4. The lowest BCUT2D eigenvalue weighted by Crippen LogP contribution is -2.38. The number of amides is 2. The van der Waals surface area contributed by atoms with Gasteiger partial charge in [-0.3, -0.25) is 9.89 Å². The Morgan fingerprint density at radius 1 is 1.27 bits per heavy atom. The minimum Gasteiger partial charge on any atom is -0.444 e. The number of carbonyl (C=O) groups is 2. The Labute approximate surface area is 130 Å². The number of nitrogens with zero attached hydrogens (tertiary/aromatic N) is 1. The summed E-state index contributed by atoms with van der Waals surface area (Å²) in [5.74, 6) is -0.227. The molecule has 1 aromatic heterocycles. The van der Waals surface area contributed by atoms with Crippen LogP contribution < -0.4 is 16.4 Å². The smallest absolute Gasteiger partial charge is 0.407 e. The van der Waals surface area contributed by atoms with Crippen LogP contribution in [0.5, 0.6) is 0 Å². The van der Waals surface area contributed by atoms with Gasteiger partial charge in [-0.25, -0.2) is 4.79 Å². The Kier molecular flexibility index (Phi) is 5.78.